The van der Waals surface area contributed by atoms with Crippen molar-refractivity contribution in [3.05, 3.63) is 54.2 Å². The van der Waals surface area contributed by atoms with E-state index in [1.165, 1.54) is 24.3 Å². The predicted octanol–water partition coefficient (Wildman–Crippen LogP) is -0.230. The molecule has 0 saturated carbocycles. The van der Waals surface area contributed by atoms with Gasteiger partial charge in [-0.25, -0.2) is 9.78 Å². The van der Waals surface area contributed by atoms with E-state index < -0.39 is 60.2 Å². The molecule has 1 aromatic carbocycles. The molecule has 14 nitrogen and oxygen atoms in total. The zero-order valence-corrected chi connectivity index (χ0v) is 23.1. The highest BCUT2D eigenvalue weighted by atomic mass is 32.2. The molecule has 2 aromatic heterocycles. The van der Waals surface area contributed by atoms with Crippen molar-refractivity contribution in [2.24, 2.45) is 5.73 Å². The van der Waals surface area contributed by atoms with Gasteiger partial charge >= 0.3 is 11.9 Å². The Morgan fingerprint density at radius 2 is 1.63 bits per heavy atom. The van der Waals surface area contributed by atoms with Gasteiger partial charge in [0.15, 0.2) is 0 Å². The van der Waals surface area contributed by atoms with Crippen LogP contribution in [0.3, 0.4) is 0 Å². The van der Waals surface area contributed by atoms with Crippen molar-refractivity contribution in [3.8, 4) is 0 Å². The van der Waals surface area contributed by atoms with Gasteiger partial charge in [0.05, 0.1) is 18.8 Å². The van der Waals surface area contributed by atoms with Gasteiger partial charge in [-0.2, -0.15) is 11.8 Å². The van der Waals surface area contributed by atoms with Crippen LogP contribution in [0, 0.1) is 0 Å². The van der Waals surface area contributed by atoms with Crippen molar-refractivity contribution >= 4 is 52.3 Å². The molecule has 0 aliphatic heterocycles. The lowest BCUT2D eigenvalue weighted by Gasteiger charge is -2.24. The third-order valence-electron chi connectivity index (χ3n) is 6.30. The third-order valence-corrected chi connectivity index (χ3v) is 6.94. The summed E-state index contributed by atoms with van der Waals surface area (Å²) in [6, 6.07) is 2.28. The number of thioether (sulfide) groups is 1. The minimum atomic E-state index is -1.56. The number of amides is 3. The summed E-state index contributed by atoms with van der Waals surface area (Å²) >= 11 is 1.41. The first-order chi connectivity index (χ1) is 19.6. The summed E-state index contributed by atoms with van der Waals surface area (Å²) in [4.78, 5) is 72.2. The van der Waals surface area contributed by atoms with Crippen LogP contribution in [0.15, 0.2) is 43.0 Å². The van der Waals surface area contributed by atoms with Crippen LogP contribution in [0.25, 0.3) is 10.9 Å². The summed E-state index contributed by atoms with van der Waals surface area (Å²) in [5, 5.41) is 27.0. The zero-order valence-electron chi connectivity index (χ0n) is 22.3. The number of imidazole rings is 1. The Kier molecular flexibility index (Phi) is 11.3. The van der Waals surface area contributed by atoms with Crippen molar-refractivity contribution in [1.29, 1.82) is 0 Å². The highest BCUT2D eigenvalue weighted by Crippen LogP contribution is 2.19. The van der Waals surface area contributed by atoms with Gasteiger partial charge in [0, 0.05) is 35.4 Å². The summed E-state index contributed by atoms with van der Waals surface area (Å²) in [6.45, 7) is 0. The second-order valence-corrected chi connectivity index (χ2v) is 10.3. The number of carboxylic acids is 2. The lowest BCUT2D eigenvalue weighted by atomic mass is 10.0. The van der Waals surface area contributed by atoms with Crippen molar-refractivity contribution in [2.75, 3.05) is 12.0 Å². The maximum Gasteiger partial charge on any atom is 0.326 e. The molecular weight excluding hydrogens is 554 g/mol. The van der Waals surface area contributed by atoms with E-state index in [9.17, 15) is 34.2 Å². The topological polar surface area (TPSA) is 232 Å². The molecule has 4 atom stereocenters. The highest BCUT2D eigenvalue weighted by molar-refractivity contribution is 7.98. The number of para-hydroxylation sites is 1. The average Bonchev–Trinajstić information content (AvgIpc) is 3.59. The van der Waals surface area contributed by atoms with Crippen LogP contribution in [0.2, 0.25) is 0 Å². The lowest BCUT2D eigenvalue weighted by molar-refractivity contribution is -0.143. The quantitative estimate of drug-likeness (QED) is 0.110. The number of carbonyl (C=O) groups is 5. The number of carboxylic acid groups (broad SMARTS) is 2. The lowest BCUT2D eigenvalue weighted by Crippen LogP contribution is -2.58. The van der Waals surface area contributed by atoms with Crippen LogP contribution < -0.4 is 21.7 Å². The standard InChI is InChI=1S/C26H33N7O7S/c1-41-7-6-19(26(39)40)31-24(37)20(9-15-12-28-13-30-15)33-25(38)21(10-22(34)35)32-23(36)17(27)8-14-11-29-18-5-3-2-4-16(14)18/h2-5,11-13,17,19-21,29H,6-10,27H2,1H3,(H,28,30)(H,31,37)(H,32,36)(H,33,38)(H,34,35)(H,39,40). The molecule has 0 aliphatic carbocycles. The molecule has 0 saturated heterocycles. The van der Waals surface area contributed by atoms with E-state index in [0.29, 0.717) is 11.4 Å². The van der Waals surface area contributed by atoms with Crippen LogP contribution in [-0.4, -0.2) is 91.0 Å². The molecule has 0 radical (unpaired) electrons. The number of nitrogens with two attached hydrogens (primary N) is 1. The van der Waals surface area contributed by atoms with E-state index in [1.807, 2.05) is 24.3 Å². The highest BCUT2D eigenvalue weighted by Gasteiger charge is 2.32. The van der Waals surface area contributed by atoms with Gasteiger partial charge in [-0.05, 0) is 36.5 Å². The molecule has 3 aromatic rings. The van der Waals surface area contributed by atoms with Crippen LogP contribution in [-0.2, 0) is 36.8 Å². The van der Waals surface area contributed by atoms with E-state index >= 15 is 0 Å². The molecule has 0 fully saturated rings. The summed E-state index contributed by atoms with van der Waals surface area (Å²) < 4.78 is 0. The Hall–Kier alpha value is -4.37. The predicted molar refractivity (Wildman–Crippen MR) is 151 cm³/mol. The molecule has 0 aliphatic rings. The van der Waals surface area contributed by atoms with Crippen molar-refractivity contribution < 1.29 is 34.2 Å². The van der Waals surface area contributed by atoms with Gasteiger partial charge < -0.3 is 41.9 Å². The Balaban J connectivity index is 1.73. The zero-order chi connectivity index (χ0) is 29.9. The second-order valence-electron chi connectivity index (χ2n) is 9.35. The number of nitrogens with zero attached hydrogens (tertiary/aromatic N) is 1. The van der Waals surface area contributed by atoms with Crippen LogP contribution in [0.4, 0.5) is 0 Å². The van der Waals surface area contributed by atoms with Crippen molar-refractivity contribution in [2.45, 2.75) is 49.9 Å². The number of benzene rings is 1. The smallest absolute Gasteiger partial charge is 0.326 e. The molecule has 0 bridgehead atoms. The van der Waals surface area contributed by atoms with E-state index in [-0.39, 0.29) is 19.3 Å². The minimum Gasteiger partial charge on any atom is -0.481 e. The number of nitrogens with one attached hydrogen (secondary N) is 5. The molecule has 15 heteroatoms. The summed E-state index contributed by atoms with van der Waals surface area (Å²) in [5.41, 5.74) is 8.19. The summed E-state index contributed by atoms with van der Waals surface area (Å²) in [6.07, 6.45) is 5.71. The number of aliphatic carboxylic acids is 2. The van der Waals surface area contributed by atoms with Gasteiger partial charge in [-0.3, -0.25) is 19.2 Å². The number of H-pyrrole nitrogens is 2. The molecule has 41 heavy (non-hydrogen) atoms. The molecule has 2 heterocycles. The first-order valence-electron chi connectivity index (χ1n) is 12.7. The molecule has 3 rings (SSSR count). The van der Waals surface area contributed by atoms with Crippen LogP contribution >= 0.6 is 11.8 Å². The number of hydrogen-bond acceptors (Lipinski definition) is 8. The second kappa shape index (κ2) is 14.9. The van der Waals surface area contributed by atoms with Crippen LogP contribution in [0.1, 0.15) is 24.1 Å². The van der Waals surface area contributed by atoms with Crippen molar-refractivity contribution in [1.82, 2.24) is 30.9 Å². The Labute approximate surface area is 239 Å². The molecular formula is C26H33N7O7S. The number of carbonyl (C=O) groups excluding carboxylic acids is 3. The normalized spacial score (nSPS) is 14.0. The number of aromatic amines is 2. The number of rotatable bonds is 16. The van der Waals surface area contributed by atoms with E-state index in [0.717, 1.165) is 16.5 Å². The fourth-order valence-corrected chi connectivity index (χ4v) is 4.63. The van der Waals surface area contributed by atoms with Crippen LogP contribution in [0.5, 0.6) is 0 Å². The van der Waals surface area contributed by atoms with Gasteiger partial charge in [0.1, 0.15) is 18.1 Å². The third kappa shape index (κ3) is 9.08. The number of fused-ring (bicyclic) bond motifs is 1. The molecule has 3 amide bonds. The number of aromatic nitrogens is 3. The van der Waals surface area contributed by atoms with Crippen molar-refractivity contribution in [3.63, 3.8) is 0 Å². The fourth-order valence-electron chi connectivity index (χ4n) is 4.16. The maximum atomic E-state index is 13.2. The first kappa shape index (κ1) is 31.2. The van der Waals surface area contributed by atoms with Gasteiger partial charge in [-0.1, -0.05) is 18.2 Å². The molecule has 0 spiro atoms. The van der Waals surface area contributed by atoms with Gasteiger partial charge in [0.2, 0.25) is 17.7 Å². The van der Waals surface area contributed by atoms with Gasteiger partial charge in [-0.15, -0.1) is 0 Å². The van der Waals surface area contributed by atoms with Gasteiger partial charge in [0.25, 0.3) is 0 Å². The largest absolute Gasteiger partial charge is 0.481 e. The van der Waals surface area contributed by atoms with E-state index in [2.05, 4.69) is 30.9 Å². The summed E-state index contributed by atoms with van der Waals surface area (Å²) in [7, 11) is 0. The molecule has 220 valence electrons. The first-order valence-corrected chi connectivity index (χ1v) is 14.1. The Morgan fingerprint density at radius 1 is 0.951 bits per heavy atom. The monoisotopic (exact) mass is 587 g/mol. The number of hydrogen-bond donors (Lipinski definition) is 8. The fraction of sp³-hybridized carbons (Fsp3) is 0.385. The Morgan fingerprint density at radius 3 is 2.29 bits per heavy atom. The molecule has 4 unspecified atom stereocenters. The van der Waals surface area contributed by atoms with E-state index in [1.54, 1.807) is 12.5 Å². The average molecular weight is 588 g/mol. The van der Waals surface area contributed by atoms with E-state index in [4.69, 9.17) is 5.73 Å². The minimum absolute atomic E-state index is 0.0970. The maximum absolute atomic E-state index is 13.2. The Bertz CT molecular complexity index is 1360. The SMILES string of the molecule is CSCCC(NC(=O)C(Cc1cnc[nH]1)NC(=O)C(CC(=O)O)NC(=O)C(N)Cc1c[nH]c2ccccc12)C(=O)O. The molecule has 9 N–H and O–H groups in total. The summed E-state index contributed by atoms with van der Waals surface area (Å²) in [5.74, 6) is -4.63.